The van der Waals surface area contributed by atoms with Gasteiger partial charge in [-0.15, -0.1) is 0 Å². The highest BCUT2D eigenvalue weighted by Crippen LogP contribution is 2.35. The van der Waals surface area contributed by atoms with E-state index in [4.69, 9.17) is 17.2 Å². The van der Waals surface area contributed by atoms with Crippen LogP contribution in [0.25, 0.3) is 0 Å². The number of benzene rings is 1. The van der Waals surface area contributed by atoms with E-state index in [1.807, 2.05) is 4.90 Å². The van der Waals surface area contributed by atoms with Gasteiger partial charge in [-0.1, -0.05) is 13.0 Å². The van der Waals surface area contributed by atoms with E-state index in [1.165, 1.54) is 12.1 Å². The molecule has 10 heteroatoms. The number of aliphatic imine (C=N–C) groups is 2. The third kappa shape index (κ3) is 5.60. The molecule has 0 bridgehead atoms. The summed E-state index contributed by atoms with van der Waals surface area (Å²) in [5.74, 6) is -0.619. The van der Waals surface area contributed by atoms with Crippen LogP contribution in [0, 0.1) is 0 Å². The fourth-order valence-electron chi connectivity index (χ4n) is 2.83. The maximum atomic E-state index is 13.5. The van der Waals surface area contributed by atoms with Gasteiger partial charge < -0.3 is 22.1 Å². The first-order chi connectivity index (χ1) is 12.2. The second-order valence-corrected chi connectivity index (χ2v) is 6.06. The van der Waals surface area contributed by atoms with Crippen molar-refractivity contribution in [2.45, 2.75) is 19.6 Å². The number of guanidine groups is 2. The number of hydrogen-bond donors (Lipinski definition) is 3. The van der Waals surface area contributed by atoms with E-state index < -0.39 is 11.7 Å². The Labute approximate surface area is 150 Å². The van der Waals surface area contributed by atoms with Gasteiger partial charge in [-0.25, -0.2) is 4.99 Å². The molecule has 144 valence electrons. The zero-order chi connectivity index (χ0) is 19.3. The average molecular weight is 371 g/mol. The Morgan fingerprint density at radius 3 is 2.23 bits per heavy atom. The summed E-state index contributed by atoms with van der Waals surface area (Å²) in [6.07, 6.45) is -4.49. The maximum Gasteiger partial charge on any atom is 0.416 e. The quantitative estimate of drug-likeness (QED) is 0.542. The molecular formula is C16H24F3N7. The van der Waals surface area contributed by atoms with E-state index in [0.717, 1.165) is 38.8 Å². The summed E-state index contributed by atoms with van der Waals surface area (Å²) in [4.78, 5) is 11.6. The van der Waals surface area contributed by atoms with Crippen molar-refractivity contribution < 1.29 is 13.2 Å². The third-order valence-corrected chi connectivity index (χ3v) is 4.19. The molecule has 1 saturated heterocycles. The Morgan fingerprint density at radius 1 is 1.08 bits per heavy atom. The minimum absolute atomic E-state index is 0.0411. The van der Waals surface area contributed by atoms with Crippen LogP contribution in [0.4, 0.5) is 18.9 Å². The maximum absolute atomic E-state index is 13.5. The predicted molar refractivity (Wildman–Crippen MR) is 95.9 cm³/mol. The van der Waals surface area contributed by atoms with Gasteiger partial charge in [0.1, 0.15) is 0 Å². The smallest absolute Gasteiger partial charge is 0.370 e. The first kappa shape index (κ1) is 20.0. The molecular weight excluding hydrogens is 347 g/mol. The lowest BCUT2D eigenvalue weighted by atomic mass is 10.0. The van der Waals surface area contributed by atoms with E-state index in [9.17, 15) is 13.2 Å². The minimum atomic E-state index is -4.49. The van der Waals surface area contributed by atoms with Crippen LogP contribution in [0.2, 0.25) is 0 Å². The number of nitrogens with two attached hydrogens (primary N) is 3. The molecule has 26 heavy (non-hydrogen) atoms. The van der Waals surface area contributed by atoms with Crippen LogP contribution in [-0.2, 0) is 12.7 Å². The second kappa shape index (κ2) is 8.37. The molecule has 2 rings (SSSR count). The Hall–Kier alpha value is -2.33. The standard InChI is InChI=1S/C16H24F3N7/c1-2-25-5-7-26(8-6-25)10-11-3-4-12(9-13(11)16(17,18)19)23-15(22)24-14(20)21/h3-4,9H,2,5-8,10H2,1H3,(H6,20,21,22,23,24). The number of piperazine rings is 1. The van der Waals surface area contributed by atoms with Crippen LogP contribution in [0.15, 0.2) is 28.2 Å². The van der Waals surface area contributed by atoms with Gasteiger partial charge in [-0.3, -0.25) is 4.90 Å². The van der Waals surface area contributed by atoms with Crippen molar-refractivity contribution in [2.75, 3.05) is 32.7 Å². The average Bonchev–Trinajstić information content (AvgIpc) is 2.55. The number of hydrogen-bond acceptors (Lipinski definition) is 3. The highest BCUT2D eigenvalue weighted by atomic mass is 19.4. The summed E-state index contributed by atoms with van der Waals surface area (Å²) in [5, 5.41) is 0. The zero-order valence-electron chi connectivity index (χ0n) is 14.6. The van der Waals surface area contributed by atoms with Gasteiger partial charge in [0.25, 0.3) is 0 Å². The van der Waals surface area contributed by atoms with E-state index in [2.05, 4.69) is 21.8 Å². The van der Waals surface area contributed by atoms with Crippen LogP contribution < -0.4 is 17.2 Å². The summed E-state index contributed by atoms with van der Waals surface area (Å²) in [6.45, 7) is 6.45. The summed E-state index contributed by atoms with van der Waals surface area (Å²) < 4.78 is 40.4. The van der Waals surface area contributed by atoms with Crippen molar-refractivity contribution in [1.29, 1.82) is 0 Å². The highest BCUT2D eigenvalue weighted by Gasteiger charge is 2.34. The topological polar surface area (TPSA) is 109 Å². The van der Waals surface area contributed by atoms with Crippen molar-refractivity contribution in [3.63, 3.8) is 0 Å². The van der Waals surface area contributed by atoms with Crippen LogP contribution >= 0.6 is 0 Å². The molecule has 7 nitrogen and oxygen atoms in total. The van der Waals surface area contributed by atoms with Gasteiger partial charge in [0, 0.05) is 32.7 Å². The zero-order valence-corrected chi connectivity index (χ0v) is 14.6. The molecule has 1 aliphatic rings. The van der Waals surface area contributed by atoms with Crippen molar-refractivity contribution >= 4 is 17.6 Å². The second-order valence-electron chi connectivity index (χ2n) is 6.06. The molecule has 0 aliphatic carbocycles. The largest absolute Gasteiger partial charge is 0.416 e. The van der Waals surface area contributed by atoms with Crippen LogP contribution in [0.3, 0.4) is 0 Å². The van der Waals surface area contributed by atoms with Gasteiger partial charge in [-0.05, 0) is 24.2 Å². The summed E-state index contributed by atoms with van der Waals surface area (Å²) in [6, 6.07) is 3.87. The normalized spacial score (nSPS) is 17.3. The summed E-state index contributed by atoms with van der Waals surface area (Å²) >= 11 is 0. The lowest BCUT2D eigenvalue weighted by Crippen LogP contribution is -2.45. The summed E-state index contributed by atoms with van der Waals surface area (Å²) in [5.41, 5.74) is 15.4. The van der Waals surface area contributed by atoms with Crippen LogP contribution in [-0.4, -0.2) is 54.4 Å². The number of likely N-dealkylation sites (N-methyl/N-ethyl adjacent to an activating group) is 1. The molecule has 0 saturated carbocycles. The Kier molecular flexibility index (Phi) is 6.43. The fraction of sp³-hybridized carbons (Fsp3) is 0.500. The molecule has 6 N–H and O–H groups in total. The third-order valence-electron chi connectivity index (χ3n) is 4.19. The molecule has 1 fully saturated rings. The lowest BCUT2D eigenvalue weighted by molar-refractivity contribution is -0.138. The Morgan fingerprint density at radius 2 is 1.69 bits per heavy atom. The van der Waals surface area contributed by atoms with E-state index in [0.29, 0.717) is 0 Å². The van der Waals surface area contributed by atoms with Crippen molar-refractivity contribution in [2.24, 2.45) is 27.2 Å². The molecule has 1 aliphatic heterocycles. The first-order valence-electron chi connectivity index (χ1n) is 8.27. The van der Waals surface area contributed by atoms with E-state index in [-0.39, 0.29) is 29.7 Å². The number of halogens is 3. The van der Waals surface area contributed by atoms with E-state index in [1.54, 1.807) is 0 Å². The monoisotopic (exact) mass is 371 g/mol. The molecule has 1 heterocycles. The van der Waals surface area contributed by atoms with E-state index >= 15 is 0 Å². The molecule has 0 atom stereocenters. The Bertz CT molecular complexity index is 673. The molecule has 0 aromatic heterocycles. The van der Waals surface area contributed by atoms with Gasteiger partial charge in [0.15, 0.2) is 5.96 Å². The Balaban J connectivity index is 2.23. The molecule has 0 spiro atoms. The lowest BCUT2D eigenvalue weighted by Gasteiger charge is -2.34. The van der Waals surface area contributed by atoms with Crippen LogP contribution in [0.5, 0.6) is 0 Å². The molecule has 1 aromatic carbocycles. The number of nitrogens with zero attached hydrogens (tertiary/aromatic N) is 4. The van der Waals surface area contributed by atoms with Gasteiger partial charge in [0.2, 0.25) is 5.96 Å². The fourth-order valence-corrected chi connectivity index (χ4v) is 2.83. The predicted octanol–water partition coefficient (Wildman–Crippen LogP) is 1.06. The summed E-state index contributed by atoms with van der Waals surface area (Å²) in [7, 11) is 0. The van der Waals surface area contributed by atoms with Gasteiger partial charge in [-0.2, -0.15) is 18.2 Å². The van der Waals surface area contributed by atoms with Gasteiger partial charge >= 0.3 is 6.18 Å². The van der Waals surface area contributed by atoms with Crippen molar-refractivity contribution in [1.82, 2.24) is 9.80 Å². The molecule has 0 unspecified atom stereocenters. The molecule has 0 radical (unpaired) electrons. The van der Waals surface area contributed by atoms with Crippen molar-refractivity contribution in [3.05, 3.63) is 29.3 Å². The number of rotatable bonds is 4. The van der Waals surface area contributed by atoms with Crippen LogP contribution in [0.1, 0.15) is 18.1 Å². The minimum Gasteiger partial charge on any atom is -0.370 e. The van der Waals surface area contributed by atoms with Crippen molar-refractivity contribution in [3.8, 4) is 0 Å². The SMILES string of the molecule is CCN1CCN(Cc2ccc(N=C(N)N=C(N)N)cc2C(F)(F)F)CC1. The molecule has 1 aromatic rings. The van der Waals surface area contributed by atoms with Gasteiger partial charge in [0.05, 0.1) is 11.3 Å². The molecule has 0 amide bonds. The first-order valence-corrected chi connectivity index (χ1v) is 8.27. The number of alkyl halides is 3. The highest BCUT2D eigenvalue weighted by molar-refractivity contribution is 5.93.